The van der Waals surface area contributed by atoms with Crippen molar-refractivity contribution in [3.63, 3.8) is 0 Å². The summed E-state index contributed by atoms with van der Waals surface area (Å²) in [6, 6.07) is 1.91. The molecule has 0 bridgehead atoms. The second-order valence-corrected chi connectivity index (χ2v) is 7.30. The van der Waals surface area contributed by atoms with Crippen LogP contribution in [-0.4, -0.2) is 81.4 Å². The van der Waals surface area contributed by atoms with Crippen LogP contribution in [0.4, 0.5) is 0 Å². The summed E-state index contributed by atoms with van der Waals surface area (Å²) < 4.78 is 12.4. The Balaban J connectivity index is 1.52. The summed E-state index contributed by atoms with van der Waals surface area (Å²) in [5, 5.41) is 8.06. The third-order valence-electron chi connectivity index (χ3n) is 5.05. The molecule has 2 aromatic rings. The maximum atomic E-state index is 12.9. The summed E-state index contributed by atoms with van der Waals surface area (Å²) in [7, 11) is 1.74. The minimum absolute atomic E-state index is 0.00752. The topological polar surface area (TPSA) is 107 Å². The Kier molecular flexibility index (Phi) is 6.97. The number of carbonyl (C=O) groups excluding carboxylic acids is 2. The van der Waals surface area contributed by atoms with Crippen LogP contribution < -0.4 is 0 Å². The van der Waals surface area contributed by atoms with Gasteiger partial charge in [-0.25, -0.2) is 0 Å². The van der Waals surface area contributed by atoms with Gasteiger partial charge in [-0.2, -0.15) is 10.1 Å². The summed E-state index contributed by atoms with van der Waals surface area (Å²) in [6.07, 6.45) is 2.58. The fraction of sp³-hybridized carbons (Fsp3) is 0.632. The molecule has 0 saturated carbocycles. The summed E-state index contributed by atoms with van der Waals surface area (Å²) in [6.45, 7) is 6.28. The molecule has 0 N–H and O–H groups in total. The maximum absolute atomic E-state index is 12.9. The van der Waals surface area contributed by atoms with Crippen molar-refractivity contribution in [1.29, 1.82) is 0 Å². The Labute approximate surface area is 169 Å². The van der Waals surface area contributed by atoms with Gasteiger partial charge in [-0.1, -0.05) is 5.16 Å². The fourth-order valence-corrected chi connectivity index (χ4v) is 3.31. The number of rotatable bonds is 7. The van der Waals surface area contributed by atoms with Gasteiger partial charge in [-0.15, -0.1) is 0 Å². The van der Waals surface area contributed by atoms with Crippen LogP contribution in [0.25, 0.3) is 0 Å². The second-order valence-electron chi connectivity index (χ2n) is 7.30. The van der Waals surface area contributed by atoms with Crippen molar-refractivity contribution in [2.75, 3.05) is 39.9 Å². The van der Waals surface area contributed by atoms with Crippen LogP contribution in [0.1, 0.15) is 23.8 Å². The van der Waals surface area contributed by atoms with E-state index in [2.05, 4.69) is 15.2 Å². The number of amides is 2. The predicted octanol–water partition coefficient (Wildman–Crippen LogP) is 0.449. The van der Waals surface area contributed by atoms with E-state index in [0.717, 1.165) is 5.69 Å². The zero-order chi connectivity index (χ0) is 20.8. The van der Waals surface area contributed by atoms with Gasteiger partial charge in [0.05, 0.1) is 19.1 Å². The molecule has 29 heavy (non-hydrogen) atoms. The van der Waals surface area contributed by atoms with Crippen molar-refractivity contribution in [2.24, 2.45) is 5.92 Å². The molecule has 2 amide bonds. The van der Waals surface area contributed by atoms with E-state index < -0.39 is 0 Å². The quantitative estimate of drug-likeness (QED) is 0.659. The largest absolute Gasteiger partial charge is 0.379 e. The molecule has 0 aromatic carbocycles. The Morgan fingerprint density at radius 1 is 1.34 bits per heavy atom. The lowest BCUT2D eigenvalue weighted by Gasteiger charge is -2.26. The highest BCUT2D eigenvalue weighted by molar-refractivity contribution is 5.81. The molecule has 1 aliphatic rings. The van der Waals surface area contributed by atoms with Crippen LogP contribution in [0.3, 0.4) is 0 Å². The van der Waals surface area contributed by atoms with Gasteiger partial charge in [0.1, 0.15) is 0 Å². The highest BCUT2D eigenvalue weighted by Crippen LogP contribution is 2.12. The molecule has 1 unspecified atom stereocenters. The Bertz CT molecular complexity index is 832. The molecule has 0 aliphatic carbocycles. The van der Waals surface area contributed by atoms with E-state index in [9.17, 15) is 9.59 Å². The molecule has 1 fully saturated rings. The number of likely N-dealkylation sites (N-methyl/N-ethyl adjacent to an activating group) is 1. The van der Waals surface area contributed by atoms with Gasteiger partial charge in [0.2, 0.25) is 17.7 Å². The number of hydrogen-bond acceptors (Lipinski definition) is 7. The van der Waals surface area contributed by atoms with Crippen LogP contribution in [0.15, 0.2) is 16.8 Å². The molecule has 3 heterocycles. The molecule has 1 atom stereocenters. The SMILES string of the molecule is Cc1nc(CCN(C)C(=O)C2COCCN(C(=O)CCn3nccc3C)C2)no1. The van der Waals surface area contributed by atoms with Crippen LogP contribution in [0.2, 0.25) is 0 Å². The predicted molar refractivity (Wildman–Crippen MR) is 103 cm³/mol. The van der Waals surface area contributed by atoms with E-state index in [0.29, 0.717) is 63.9 Å². The monoisotopic (exact) mass is 404 g/mol. The standard InChI is InChI=1S/C19H28N6O4/c1-14-4-7-20-25(14)9-6-18(26)24-10-11-28-13-16(12-24)19(27)23(3)8-5-17-21-15(2)29-22-17/h4,7,16H,5-6,8-13H2,1-3H3. The van der Waals surface area contributed by atoms with Gasteiger partial charge in [0, 0.05) is 64.9 Å². The summed E-state index contributed by atoms with van der Waals surface area (Å²) in [5.41, 5.74) is 1.02. The van der Waals surface area contributed by atoms with Gasteiger partial charge in [-0.3, -0.25) is 14.3 Å². The Morgan fingerprint density at radius 3 is 2.86 bits per heavy atom. The van der Waals surface area contributed by atoms with E-state index in [4.69, 9.17) is 9.26 Å². The molecule has 0 radical (unpaired) electrons. The van der Waals surface area contributed by atoms with Gasteiger partial charge < -0.3 is 19.1 Å². The van der Waals surface area contributed by atoms with Gasteiger partial charge in [-0.05, 0) is 13.0 Å². The fourth-order valence-electron chi connectivity index (χ4n) is 3.31. The summed E-state index contributed by atoms with van der Waals surface area (Å²) >= 11 is 0. The molecule has 2 aromatic heterocycles. The van der Waals surface area contributed by atoms with E-state index >= 15 is 0 Å². The third-order valence-corrected chi connectivity index (χ3v) is 5.05. The summed E-state index contributed by atoms with van der Waals surface area (Å²) in [5.74, 6) is 0.654. The van der Waals surface area contributed by atoms with Crippen LogP contribution >= 0.6 is 0 Å². The minimum atomic E-state index is -0.384. The molecule has 158 valence electrons. The minimum Gasteiger partial charge on any atom is -0.379 e. The van der Waals surface area contributed by atoms with Gasteiger partial charge >= 0.3 is 0 Å². The molecule has 3 rings (SSSR count). The average Bonchev–Trinajstić information content (AvgIpc) is 3.22. The van der Waals surface area contributed by atoms with Gasteiger partial charge in [0.25, 0.3) is 0 Å². The Morgan fingerprint density at radius 2 is 2.17 bits per heavy atom. The van der Waals surface area contributed by atoms with Crippen molar-refractivity contribution in [1.82, 2.24) is 29.7 Å². The molecule has 10 nitrogen and oxygen atoms in total. The first-order chi connectivity index (χ1) is 13.9. The second kappa shape index (κ2) is 9.64. The number of aromatic nitrogens is 4. The molecular weight excluding hydrogens is 376 g/mol. The van der Waals surface area contributed by atoms with E-state index in [1.807, 2.05) is 17.7 Å². The summed E-state index contributed by atoms with van der Waals surface area (Å²) in [4.78, 5) is 33.1. The van der Waals surface area contributed by atoms with Crippen molar-refractivity contribution in [2.45, 2.75) is 33.2 Å². The van der Waals surface area contributed by atoms with Crippen LogP contribution in [-0.2, 0) is 27.3 Å². The zero-order valence-corrected chi connectivity index (χ0v) is 17.2. The average molecular weight is 404 g/mol. The van der Waals surface area contributed by atoms with Crippen LogP contribution in [0.5, 0.6) is 0 Å². The van der Waals surface area contributed by atoms with Crippen molar-refractivity contribution < 1.29 is 18.8 Å². The molecule has 0 spiro atoms. The zero-order valence-electron chi connectivity index (χ0n) is 17.2. The third kappa shape index (κ3) is 5.63. The highest BCUT2D eigenvalue weighted by atomic mass is 16.5. The first kappa shape index (κ1) is 21.0. The number of hydrogen-bond donors (Lipinski definition) is 0. The number of carbonyl (C=O) groups is 2. The maximum Gasteiger partial charge on any atom is 0.229 e. The molecule has 1 aliphatic heterocycles. The van der Waals surface area contributed by atoms with Crippen LogP contribution in [0, 0.1) is 19.8 Å². The smallest absolute Gasteiger partial charge is 0.229 e. The lowest BCUT2D eigenvalue weighted by Crippen LogP contribution is -2.43. The first-order valence-electron chi connectivity index (χ1n) is 9.82. The van der Waals surface area contributed by atoms with E-state index in [-0.39, 0.29) is 17.7 Å². The highest BCUT2D eigenvalue weighted by Gasteiger charge is 2.29. The van der Waals surface area contributed by atoms with Crippen molar-refractivity contribution >= 4 is 11.8 Å². The molecule has 10 heteroatoms. The Hall–Kier alpha value is -2.75. The molecular formula is C19H28N6O4. The van der Waals surface area contributed by atoms with E-state index in [1.54, 1.807) is 30.0 Å². The number of ether oxygens (including phenoxy) is 1. The van der Waals surface area contributed by atoms with E-state index in [1.165, 1.54) is 0 Å². The van der Waals surface area contributed by atoms with Crippen molar-refractivity contribution in [3.8, 4) is 0 Å². The molecule has 1 saturated heterocycles. The first-order valence-corrected chi connectivity index (χ1v) is 9.82. The van der Waals surface area contributed by atoms with Crippen molar-refractivity contribution in [3.05, 3.63) is 29.7 Å². The lowest BCUT2D eigenvalue weighted by atomic mass is 10.1. The normalized spacial score (nSPS) is 17.2. The lowest BCUT2D eigenvalue weighted by molar-refractivity contribution is -0.137. The number of aryl methyl sites for hydroxylation is 3. The number of nitrogens with zero attached hydrogens (tertiary/aromatic N) is 6. The van der Waals surface area contributed by atoms with Gasteiger partial charge in [0.15, 0.2) is 5.82 Å².